The van der Waals surface area contributed by atoms with E-state index >= 15 is 0 Å². The van der Waals surface area contributed by atoms with Crippen LogP contribution in [0.25, 0.3) is 0 Å². The lowest BCUT2D eigenvalue weighted by molar-refractivity contribution is 0.592. The average Bonchev–Trinajstić information content (AvgIpc) is 2.35. The Labute approximate surface area is 121 Å². The van der Waals surface area contributed by atoms with Gasteiger partial charge in [-0.1, -0.05) is 57.2 Å². The van der Waals surface area contributed by atoms with Crippen molar-refractivity contribution in [3.05, 3.63) is 29.8 Å². The highest BCUT2D eigenvalue weighted by atomic mass is 35.9. The number of benzene rings is 1. The van der Waals surface area contributed by atoms with Crippen molar-refractivity contribution >= 4 is 29.3 Å². The molecule has 0 amide bonds. The first-order valence-electron chi connectivity index (χ1n) is 6.61. The van der Waals surface area contributed by atoms with Crippen molar-refractivity contribution in [1.82, 2.24) is 0 Å². The molecule has 0 heterocycles. The zero-order valence-electron chi connectivity index (χ0n) is 10.9. The van der Waals surface area contributed by atoms with Gasteiger partial charge >= 0.3 is 0 Å². The summed E-state index contributed by atoms with van der Waals surface area (Å²) in [5.74, 6) is 0.835. The van der Waals surface area contributed by atoms with Gasteiger partial charge in [0.1, 0.15) is 5.75 Å². The van der Waals surface area contributed by atoms with Crippen molar-refractivity contribution in [3.63, 3.8) is 0 Å². The van der Waals surface area contributed by atoms with Crippen LogP contribution in [0.4, 0.5) is 0 Å². The zero-order chi connectivity index (χ0) is 13.2. The van der Waals surface area contributed by atoms with Gasteiger partial charge in [-0.25, -0.2) is 0 Å². The lowest BCUT2D eigenvalue weighted by Gasteiger charge is -2.10. The summed E-state index contributed by atoms with van der Waals surface area (Å²) >= 11 is 11.4. The van der Waals surface area contributed by atoms with Crippen molar-refractivity contribution in [2.24, 2.45) is 0 Å². The van der Waals surface area contributed by atoms with E-state index in [1.807, 2.05) is 18.2 Å². The summed E-state index contributed by atoms with van der Waals surface area (Å²) in [6.45, 7) is 0.865. The number of hydrogen-bond acceptors (Lipinski definition) is 1. The van der Waals surface area contributed by atoms with Crippen molar-refractivity contribution in [3.8, 4) is 5.75 Å². The fourth-order valence-electron chi connectivity index (χ4n) is 1.97. The number of aryl methyl sites for hydroxylation is 1. The van der Waals surface area contributed by atoms with Crippen LogP contribution in [-0.4, -0.2) is 0 Å². The molecule has 0 aliphatic rings. The molecule has 0 bridgehead atoms. The molecule has 0 aromatic heterocycles. The maximum atomic E-state index is 5.71. The summed E-state index contributed by atoms with van der Waals surface area (Å²) in [6, 6.07) is 8.01. The van der Waals surface area contributed by atoms with Gasteiger partial charge in [-0.05, 0) is 47.0 Å². The average molecular weight is 307 g/mol. The van der Waals surface area contributed by atoms with Crippen LogP contribution >= 0.6 is 29.3 Å². The highest BCUT2D eigenvalue weighted by Gasteiger charge is 2.07. The minimum Gasteiger partial charge on any atom is -0.445 e. The van der Waals surface area contributed by atoms with Gasteiger partial charge in [0.05, 0.1) is 0 Å². The SMILES string of the molecule is CCCCCCCCc1ccccc1OP(Cl)Cl. The third kappa shape index (κ3) is 6.83. The molecule has 1 aromatic rings. The molecule has 0 saturated carbocycles. The normalized spacial score (nSPS) is 10.9. The second kappa shape index (κ2) is 9.89. The Bertz CT molecular complexity index is 331. The van der Waals surface area contributed by atoms with Crippen LogP contribution in [0.1, 0.15) is 51.0 Å². The van der Waals surface area contributed by atoms with E-state index in [0.29, 0.717) is 0 Å². The monoisotopic (exact) mass is 306 g/mol. The van der Waals surface area contributed by atoms with Crippen LogP contribution in [0, 0.1) is 0 Å². The van der Waals surface area contributed by atoms with Crippen molar-refractivity contribution in [2.45, 2.75) is 51.9 Å². The lowest BCUT2D eigenvalue weighted by Crippen LogP contribution is -1.90. The van der Waals surface area contributed by atoms with Crippen LogP contribution in [-0.2, 0) is 6.42 Å². The highest BCUT2D eigenvalue weighted by Crippen LogP contribution is 2.48. The van der Waals surface area contributed by atoms with Crippen molar-refractivity contribution in [2.75, 3.05) is 0 Å². The molecule has 0 aliphatic heterocycles. The summed E-state index contributed by atoms with van der Waals surface area (Å²) in [4.78, 5) is 0. The Morgan fingerprint density at radius 3 is 2.39 bits per heavy atom. The molecule has 102 valence electrons. The van der Waals surface area contributed by atoms with Crippen molar-refractivity contribution < 1.29 is 4.52 Å². The molecule has 0 N–H and O–H groups in total. The van der Waals surface area contributed by atoms with Gasteiger partial charge in [-0.15, -0.1) is 0 Å². The first-order valence-corrected chi connectivity index (χ1v) is 9.68. The Hall–Kier alpha value is 0.0300. The third-order valence-electron chi connectivity index (χ3n) is 2.94. The molecule has 0 atom stereocenters. The second-order valence-corrected chi connectivity index (χ2v) is 7.37. The first kappa shape index (κ1) is 16.1. The van der Waals surface area contributed by atoms with Crippen LogP contribution in [0.15, 0.2) is 24.3 Å². The molecular formula is C14H21Cl2OP. The molecule has 0 spiro atoms. The van der Waals surface area contributed by atoms with Gasteiger partial charge < -0.3 is 4.52 Å². The molecule has 1 rings (SSSR count). The molecule has 4 heteroatoms. The van der Waals surface area contributed by atoms with Gasteiger partial charge in [0.15, 0.2) is 0 Å². The minimum absolute atomic E-state index is 0.835. The second-order valence-electron chi connectivity index (χ2n) is 4.42. The van der Waals surface area contributed by atoms with E-state index < -0.39 is 6.85 Å². The molecule has 0 unspecified atom stereocenters. The van der Waals surface area contributed by atoms with Crippen LogP contribution in [0.5, 0.6) is 5.75 Å². The predicted octanol–water partition coefficient (Wildman–Crippen LogP) is 6.67. The third-order valence-corrected chi connectivity index (χ3v) is 3.69. The van der Waals surface area contributed by atoms with Gasteiger partial charge in [0.25, 0.3) is 6.85 Å². The van der Waals surface area contributed by atoms with Gasteiger partial charge in [-0.2, -0.15) is 0 Å². The van der Waals surface area contributed by atoms with Crippen molar-refractivity contribution in [1.29, 1.82) is 0 Å². The molecule has 0 saturated heterocycles. The Morgan fingerprint density at radius 2 is 1.67 bits per heavy atom. The number of rotatable bonds is 9. The summed E-state index contributed by atoms with van der Waals surface area (Å²) in [6.07, 6.45) is 8.85. The highest BCUT2D eigenvalue weighted by molar-refractivity contribution is 8.00. The van der Waals surface area contributed by atoms with Gasteiger partial charge in [0.2, 0.25) is 0 Å². The Balaban J connectivity index is 2.32. The molecule has 18 heavy (non-hydrogen) atoms. The quantitative estimate of drug-likeness (QED) is 0.365. The van der Waals surface area contributed by atoms with E-state index in [-0.39, 0.29) is 0 Å². The number of halogens is 2. The summed E-state index contributed by atoms with van der Waals surface area (Å²) in [5.41, 5.74) is 1.21. The van der Waals surface area contributed by atoms with E-state index in [9.17, 15) is 0 Å². The van der Waals surface area contributed by atoms with E-state index in [1.54, 1.807) is 0 Å². The van der Waals surface area contributed by atoms with Crippen LogP contribution in [0.3, 0.4) is 0 Å². The molecule has 0 fully saturated rings. The first-order chi connectivity index (χ1) is 8.74. The molecular weight excluding hydrogens is 286 g/mol. The van der Waals surface area contributed by atoms with Crippen LogP contribution < -0.4 is 4.52 Å². The topological polar surface area (TPSA) is 9.23 Å². The summed E-state index contributed by atoms with van der Waals surface area (Å²) < 4.78 is 5.44. The largest absolute Gasteiger partial charge is 0.445 e. The molecule has 1 aromatic carbocycles. The predicted molar refractivity (Wildman–Crippen MR) is 82.8 cm³/mol. The lowest BCUT2D eigenvalue weighted by atomic mass is 10.0. The number of unbranched alkanes of at least 4 members (excludes halogenated alkanes) is 5. The summed E-state index contributed by atoms with van der Waals surface area (Å²) in [7, 11) is 0. The van der Waals surface area contributed by atoms with Gasteiger partial charge in [0, 0.05) is 0 Å². The zero-order valence-corrected chi connectivity index (χ0v) is 13.3. The van der Waals surface area contributed by atoms with E-state index in [1.165, 1.54) is 44.1 Å². The molecule has 1 nitrogen and oxygen atoms in total. The van der Waals surface area contributed by atoms with E-state index in [0.717, 1.165) is 12.2 Å². The molecule has 0 aliphatic carbocycles. The number of hydrogen-bond donors (Lipinski definition) is 0. The van der Waals surface area contributed by atoms with Gasteiger partial charge in [-0.3, -0.25) is 0 Å². The standard InChI is InChI=1S/C14H21Cl2OP/c1-2-3-4-5-6-7-10-13-11-8-9-12-14(13)17-18(15)16/h8-9,11-12H,2-7,10H2,1H3. The maximum Gasteiger partial charge on any atom is 0.284 e. The summed E-state index contributed by atoms with van der Waals surface area (Å²) in [5, 5.41) is 0. The maximum absolute atomic E-state index is 5.71. The Kier molecular flexibility index (Phi) is 8.84. The minimum atomic E-state index is -1.38. The smallest absolute Gasteiger partial charge is 0.284 e. The Morgan fingerprint density at radius 1 is 1.00 bits per heavy atom. The fourth-order valence-corrected chi connectivity index (χ4v) is 2.74. The van der Waals surface area contributed by atoms with Crippen LogP contribution in [0.2, 0.25) is 0 Å². The number of para-hydroxylation sites is 1. The molecule has 0 radical (unpaired) electrons. The van der Waals surface area contributed by atoms with E-state index in [2.05, 4.69) is 13.0 Å². The fraction of sp³-hybridized carbons (Fsp3) is 0.571. The van der Waals surface area contributed by atoms with E-state index in [4.69, 9.17) is 27.0 Å².